The van der Waals surface area contributed by atoms with E-state index in [4.69, 9.17) is 9.47 Å². The van der Waals surface area contributed by atoms with Gasteiger partial charge in [0, 0.05) is 26.7 Å². The predicted molar refractivity (Wildman–Crippen MR) is 106 cm³/mol. The van der Waals surface area contributed by atoms with Gasteiger partial charge in [-0.15, -0.1) is 0 Å². The van der Waals surface area contributed by atoms with Crippen molar-refractivity contribution >= 4 is 5.96 Å². The lowest BCUT2D eigenvalue weighted by Crippen LogP contribution is -2.38. The van der Waals surface area contributed by atoms with Gasteiger partial charge in [-0.05, 0) is 23.6 Å². The van der Waals surface area contributed by atoms with Crippen molar-refractivity contribution in [1.29, 1.82) is 0 Å². The first-order valence-electron chi connectivity index (χ1n) is 9.03. The minimum atomic E-state index is 0.601. The third kappa shape index (κ3) is 7.68. The lowest BCUT2D eigenvalue weighted by Gasteiger charge is -2.12. The number of hydrogen-bond acceptors (Lipinski definition) is 3. The van der Waals surface area contributed by atoms with Gasteiger partial charge in [0.1, 0.15) is 0 Å². The summed E-state index contributed by atoms with van der Waals surface area (Å²) in [6.45, 7) is 6.06. The molecular weight excluding hydrogens is 326 g/mol. The molecule has 0 atom stereocenters. The SMILES string of the molecule is CCOCCNC(=NC)NCc1cccc(COCc2ccccc2)c1. The van der Waals surface area contributed by atoms with Gasteiger partial charge in [0.05, 0.1) is 19.8 Å². The van der Waals surface area contributed by atoms with Gasteiger partial charge < -0.3 is 20.1 Å². The molecule has 0 aromatic heterocycles. The van der Waals surface area contributed by atoms with Crippen LogP contribution >= 0.6 is 0 Å². The molecule has 0 fully saturated rings. The van der Waals surface area contributed by atoms with Crippen LogP contribution in [0.1, 0.15) is 23.6 Å². The monoisotopic (exact) mass is 355 g/mol. The average Bonchev–Trinajstić information content (AvgIpc) is 2.69. The number of benzene rings is 2. The summed E-state index contributed by atoms with van der Waals surface area (Å²) >= 11 is 0. The predicted octanol–water partition coefficient (Wildman–Crippen LogP) is 3.10. The molecule has 0 aliphatic heterocycles. The summed E-state index contributed by atoms with van der Waals surface area (Å²) in [7, 11) is 1.77. The zero-order valence-corrected chi connectivity index (χ0v) is 15.7. The van der Waals surface area contributed by atoms with Gasteiger partial charge in [0.15, 0.2) is 5.96 Å². The number of nitrogens with zero attached hydrogens (tertiary/aromatic N) is 1. The second-order valence-electron chi connectivity index (χ2n) is 5.85. The van der Waals surface area contributed by atoms with E-state index >= 15 is 0 Å². The fourth-order valence-corrected chi connectivity index (χ4v) is 2.48. The van der Waals surface area contributed by atoms with Gasteiger partial charge in [-0.1, -0.05) is 54.6 Å². The first-order chi connectivity index (χ1) is 12.8. The first kappa shape index (κ1) is 19.9. The van der Waals surface area contributed by atoms with E-state index in [1.807, 2.05) is 25.1 Å². The van der Waals surface area contributed by atoms with Crippen LogP contribution in [0, 0.1) is 0 Å². The Morgan fingerprint density at radius 1 is 0.885 bits per heavy atom. The molecular formula is C21H29N3O2. The summed E-state index contributed by atoms with van der Waals surface area (Å²) in [6, 6.07) is 18.6. The molecule has 0 heterocycles. The van der Waals surface area contributed by atoms with E-state index < -0.39 is 0 Å². The third-order valence-corrected chi connectivity index (χ3v) is 3.80. The van der Waals surface area contributed by atoms with E-state index in [-0.39, 0.29) is 0 Å². The molecule has 5 nitrogen and oxygen atoms in total. The second kappa shape index (κ2) is 12.1. The maximum atomic E-state index is 5.81. The van der Waals surface area contributed by atoms with Crippen molar-refractivity contribution in [2.24, 2.45) is 4.99 Å². The largest absolute Gasteiger partial charge is 0.380 e. The van der Waals surface area contributed by atoms with Crippen LogP contribution in [0.3, 0.4) is 0 Å². The molecule has 0 saturated carbocycles. The summed E-state index contributed by atoms with van der Waals surface area (Å²) in [5.41, 5.74) is 3.55. The van der Waals surface area contributed by atoms with Crippen molar-refractivity contribution in [2.75, 3.05) is 26.8 Å². The Hall–Kier alpha value is -2.37. The van der Waals surface area contributed by atoms with Gasteiger partial charge in [-0.3, -0.25) is 4.99 Å². The van der Waals surface area contributed by atoms with E-state index in [1.54, 1.807) is 7.05 Å². The van der Waals surface area contributed by atoms with Gasteiger partial charge in [0.25, 0.3) is 0 Å². The van der Waals surface area contributed by atoms with Crippen molar-refractivity contribution in [3.05, 3.63) is 71.3 Å². The van der Waals surface area contributed by atoms with Crippen LogP contribution in [-0.4, -0.2) is 32.8 Å². The summed E-state index contributed by atoms with van der Waals surface area (Å²) in [5, 5.41) is 6.55. The molecule has 0 aliphatic carbocycles. The molecule has 2 aromatic rings. The maximum absolute atomic E-state index is 5.81. The summed E-state index contributed by atoms with van der Waals surface area (Å²) in [5.74, 6) is 0.774. The van der Waals surface area contributed by atoms with Crippen LogP contribution in [0.5, 0.6) is 0 Å². The lowest BCUT2D eigenvalue weighted by molar-refractivity contribution is 0.107. The highest BCUT2D eigenvalue weighted by atomic mass is 16.5. The smallest absolute Gasteiger partial charge is 0.191 e. The molecule has 0 aliphatic rings. The number of ether oxygens (including phenoxy) is 2. The Balaban J connectivity index is 1.75. The molecule has 0 bridgehead atoms. The van der Waals surface area contributed by atoms with Crippen molar-refractivity contribution in [3.63, 3.8) is 0 Å². The quantitative estimate of drug-likeness (QED) is 0.391. The van der Waals surface area contributed by atoms with Crippen molar-refractivity contribution < 1.29 is 9.47 Å². The van der Waals surface area contributed by atoms with Crippen LogP contribution in [0.4, 0.5) is 0 Å². The Kier molecular flexibility index (Phi) is 9.25. The first-order valence-corrected chi connectivity index (χ1v) is 9.03. The summed E-state index contributed by atoms with van der Waals surface area (Å²) in [4.78, 5) is 4.22. The minimum Gasteiger partial charge on any atom is -0.380 e. The fraction of sp³-hybridized carbons (Fsp3) is 0.381. The highest BCUT2D eigenvalue weighted by Crippen LogP contribution is 2.09. The normalized spacial score (nSPS) is 11.4. The van der Waals surface area contributed by atoms with Gasteiger partial charge in [-0.25, -0.2) is 0 Å². The number of nitrogens with one attached hydrogen (secondary N) is 2. The molecule has 0 radical (unpaired) electrons. The Morgan fingerprint density at radius 2 is 1.62 bits per heavy atom. The molecule has 0 spiro atoms. The van der Waals surface area contributed by atoms with Crippen molar-refractivity contribution in [2.45, 2.75) is 26.7 Å². The number of rotatable bonds is 10. The third-order valence-electron chi connectivity index (χ3n) is 3.80. The fourth-order valence-electron chi connectivity index (χ4n) is 2.48. The second-order valence-corrected chi connectivity index (χ2v) is 5.85. The number of hydrogen-bond donors (Lipinski definition) is 2. The molecule has 0 saturated heterocycles. The van der Waals surface area contributed by atoms with Gasteiger partial charge in [-0.2, -0.15) is 0 Å². The van der Waals surface area contributed by atoms with Crippen molar-refractivity contribution in [1.82, 2.24) is 10.6 Å². The van der Waals surface area contributed by atoms with E-state index in [9.17, 15) is 0 Å². The van der Waals surface area contributed by atoms with E-state index in [1.165, 1.54) is 16.7 Å². The molecule has 5 heteroatoms. The van der Waals surface area contributed by atoms with Crippen molar-refractivity contribution in [3.8, 4) is 0 Å². The number of aliphatic imine (C=N–C) groups is 1. The summed E-state index contributed by atoms with van der Waals surface area (Å²) in [6.07, 6.45) is 0. The Bertz CT molecular complexity index is 659. The standard InChI is InChI=1S/C21H29N3O2/c1-3-25-13-12-23-21(22-2)24-15-19-10-7-11-20(14-19)17-26-16-18-8-5-4-6-9-18/h4-11,14H,3,12-13,15-17H2,1-2H3,(H2,22,23,24). The van der Waals surface area contributed by atoms with Crippen LogP contribution in [0.25, 0.3) is 0 Å². The molecule has 2 rings (SSSR count). The van der Waals surface area contributed by atoms with Crippen LogP contribution < -0.4 is 10.6 Å². The topological polar surface area (TPSA) is 54.9 Å². The van der Waals surface area contributed by atoms with Gasteiger partial charge in [0.2, 0.25) is 0 Å². The van der Waals surface area contributed by atoms with Crippen LogP contribution in [0.15, 0.2) is 59.6 Å². The molecule has 0 amide bonds. The Labute approximate surface area is 156 Å². The summed E-state index contributed by atoms with van der Waals surface area (Å²) < 4.78 is 11.1. The highest BCUT2D eigenvalue weighted by molar-refractivity contribution is 5.79. The lowest BCUT2D eigenvalue weighted by atomic mass is 10.1. The molecule has 2 N–H and O–H groups in total. The van der Waals surface area contributed by atoms with E-state index in [2.05, 4.69) is 52.0 Å². The number of guanidine groups is 1. The van der Waals surface area contributed by atoms with Crippen LogP contribution in [-0.2, 0) is 29.2 Å². The molecule has 140 valence electrons. The highest BCUT2D eigenvalue weighted by Gasteiger charge is 2.00. The Morgan fingerprint density at radius 3 is 2.38 bits per heavy atom. The zero-order chi connectivity index (χ0) is 18.5. The molecule has 0 unspecified atom stereocenters. The maximum Gasteiger partial charge on any atom is 0.191 e. The molecule has 26 heavy (non-hydrogen) atoms. The molecule has 2 aromatic carbocycles. The zero-order valence-electron chi connectivity index (χ0n) is 15.7. The van der Waals surface area contributed by atoms with Crippen LogP contribution in [0.2, 0.25) is 0 Å². The van der Waals surface area contributed by atoms with E-state index in [0.717, 1.165) is 19.1 Å². The van der Waals surface area contributed by atoms with E-state index in [0.29, 0.717) is 26.4 Å². The average molecular weight is 355 g/mol. The minimum absolute atomic E-state index is 0.601. The van der Waals surface area contributed by atoms with Gasteiger partial charge >= 0.3 is 0 Å².